The van der Waals surface area contributed by atoms with Gasteiger partial charge in [0.25, 0.3) is 5.91 Å². The fraction of sp³-hybridized carbons (Fsp3) is 0.174. The Bertz CT molecular complexity index is 1320. The fourth-order valence-electron chi connectivity index (χ4n) is 3.42. The molecule has 0 saturated heterocycles. The van der Waals surface area contributed by atoms with E-state index in [1.54, 1.807) is 41.0 Å². The van der Waals surface area contributed by atoms with Gasteiger partial charge >= 0.3 is 6.18 Å². The summed E-state index contributed by atoms with van der Waals surface area (Å²) >= 11 is 0. The van der Waals surface area contributed by atoms with E-state index < -0.39 is 23.2 Å². The number of nitrogens with zero attached hydrogens (tertiary/aromatic N) is 3. The van der Waals surface area contributed by atoms with Gasteiger partial charge in [0, 0.05) is 30.3 Å². The van der Waals surface area contributed by atoms with Crippen LogP contribution in [0, 0.1) is 6.92 Å². The van der Waals surface area contributed by atoms with E-state index in [2.05, 4.69) is 20.7 Å². The molecule has 2 heterocycles. The van der Waals surface area contributed by atoms with Gasteiger partial charge in [-0.1, -0.05) is 24.3 Å². The van der Waals surface area contributed by atoms with Crippen LogP contribution in [-0.4, -0.2) is 38.7 Å². The topological polar surface area (TPSA) is 91.5 Å². The van der Waals surface area contributed by atoms with Gasteiger partial charge in [-0.15, -0.1) is 0 Å². The van der Waals surface area contributed by atoms with Gasteiger partial charge in [0.15, 0.2) is 5.65 Å². The van der Waals surface area contributed by atoms with Gasteiger partial charge in [-0.25, -0.2) is 4.98 Å². The number of rotatable bonds is 6. The second kappa shape index (κ2) is 8.81. The number of carbonyl (C=O) groups is 1. The standard InChI is InChI=1S/C23H20F3N5O2/c1-14-13-29-31-20(12-18(30-21(14)31)16-7-3-5-9-19(16)32)27-10-11-28-22(33)15-6-2-4-8-17(15)23(24,25)26/h2-9,12-13,27,32H,10-11H2,1H3,(H,28,33). The average molecular weight is 455 g/mol. The summed E-state index contributed by atoms with van der Waals surface area (Å²) in [5, 5.41) is 20.1. The minimum absolute atomic E-state index is 0.0704. The van der Waals surface area contributed by atoms with Crippen LogP contribution in [0.5, 0.6) is 5.75 Å². The molecule has 0 bridgehead atoms. The van der Waals surface area contributed by atoms with Crippen molar-refractivity contribution >= 4 is 17.4 Å². The molecule has 0 atom stereocenters. The number of phenols is 1. The molecular formula is C23H20F3N5O2. The minimum atomic E-state index is -4.62. The number of fused-ring (bicyclic) bond motifs is 1. The van der Waals surface area contributed by atoms with E-state index in [9.17, 15) is 23.1 Å². The molecule has 10 heteroatoms. The number of hydrogen-bond donors (Lipinski definition) is 3. The molecule has 170 valence electrons. The summed E-state index contributed by atoms with van der Waals surface area (Å²) in [4.78, 5) is 16.9. The van der Waals surface area contributed by atoms with Gasteiger partial charge in [0.2, 0.25) is 0 Å². The number of aromatic hydroxyl groups is 1. The first-order chi connectivity index (χ1) is 15.8. The second-order valence-corrected chi connectivity index (χ2v) is 7.33. The Balaban J connectivity index is 1.50. The number of aromatic nitrogens is 3. The Morgan fingerprint density at radius 3 is 2.58 bits per heavy atom. The number of phenolic OH excluding ortho intramolecular Hbond substituents is 1. The van der Waals surface area contributed by atoms with Crippen LogP contribution in [0.3, 0.4) is 0 Å². The molecule has 2 aromatic heterocycles. The molecule has 3 N–H and O–H groups in total. The molecule has 0 radical (unpaired) electrons. The Kier molecular flexibility index (Phi) is 5.91. The van der Waals surface area contributed by atoms with Crippen LogP contribution in [0.2, 0.25) is 0 Å². The molecule has 0 saturated carbocycles. The number of alkyl halides is 3. The van der Waals surface area contributed by atoms with Crippen molar-refractivity contribution in [3.8, 4) is 17.0 Å². The van der Waals surface area contributed by atoms with Crippen molar-refractivity contribution < 1.29 is 23.1 Å². The maximum atomic E-state index is 13.1. The van der Waals surface area contributed by atoms with E-state index in [0.717, 1.165) is 17.7 Å². The molecule has 33 heavy (non-hydrogen) atoms. The van der Waals surface area contributed by atoms with E-state index in [4.69, 9.17) is 0 Å². The van der Waals surface area contributed by atoms with E-state index >= 15 is 0 Å². The highest BCUT2D eigenvalue weighted by atomic mass is 19.4. The first-order valence-corrected chi connectivity index (χ1v) is 10.1. The van der Waals surface area contributed by atoms with Crippen molar-refractivity contribution in [3.63, 3.8) is 0 Å². The lowest BCUT2D eigenvalue weighted by atomic mass is 10.1. The molecule has 0 aliphatic heterocycles. The Morgan fingerprint density at radius 2 is 1.82 bits per heavy atom. The second-order valence-electron chi connectivity index (χ2n) is 7.33. The number of anilines is 1. The lowest BCUT2D eigenvalue weighted by molar-refractivity contribution is -0.137. The molecule has 4 aromatic rings. The van der Waals surface area contributed by atoms with E-state index in [1.807, 2.05) is 6.92 Å². The predicted molar refractivity (Wildman–Crippen MR) is 117 cm³/mol. The van der Waals surface area contributed by atoms with Crippen LogP contribution in [0.1, 0.15) is 21.5 Å². The van der Waals surface area contributed by atoms with Gasteiger partial charge in [0.1, 0.15) is 11.6 Å². The third-order valence-electron chi connectivity index (χ3n) is 5.02. The highest BCUT2D eigenvalue weighted by Gasteiger charge is 2.34. The summed E-state index contributed by atoms with van der Waals surface area (Å²) in [6, 6.07) is 13.1. The van der Waals surface area contributed by atoms with E-state index in [-0.39, 0.29) is 18.8 Å². The van der Waals surface area contributed by atoms with Crippen LogP contribution in [0.4, 0.5) is 19.0 Å². The molecule has 4 rings (SSSR count). The SMILES string of the molecule is Cc1cnn2c(NCCNC(=O)c3ccccc3C(F)(F)F)cc(-c3ccccc3O)nc12. The summed E-state index contributed by atoms with van der Waals surface area (Å²) in [6.07, 6.45) is -2.97. The molecule has 0 unspecified atom stereocenters. The molecule has 0 spiro atoms. The highest BCUT2D eigenvalue weighted by Crippen LogP contribution is 2.32. The maximum Gasteiger partial charge on any atom is 0.417 e. The molecule has 1 amide bonds. The lowest BCUT2D eigenvalue weighted by Crippen LogP contribution is -2.30. The Morgan fingerprint density at radius 1 is 1.09 bits per heavy atom. The number of carbonyl (C=O) groups excluding carboxylic acids is 1. The van der Waals surface area contributed by atoms with Gasteiger partial charge in [-0.3, -0.25) is 4.79 Å². The third-order valence-corrected chi connectivity index (χ3v) is 5.02. The Labute approximate surface area is 186 Å². The normalized spacial score (nSPS) is 11.5. The smallest absolute Gasteiger partial charge is 0.417 e. The highest BCUT2D eigenvalue weighted by molar-refractivity contribution is 5.95. The Hall–Kier alpha value is -4.08. The molecule has 0 fully saturated rings. The van der Waals surface area contributed by atoms with E-state index in [1.165, 1.54) is 12.1 Å². The van der Waals surface area contributed by atoms with Crippen molar-refractivity contribution in [1.82, 2.24) is 19.9 Å². The van der Waals surface area contributed by atoms with Crippen molar-refractivity contribution in [3.05, 3.63) is 77.5 Å². The summed E-state index contributed by atoms with van der Waals surface area (Å²) in [7, 11) is 0. The zero-order chi connectivity index (χ0) is 23.6. The van der Waals surface area contributed by atoms with Crippen molar-refractivity contribution in [1.29, 1.82) is 0 Å². The zero-order valence-electron chi connectivity index (χ0n) is 17.5. The number of halogens is 3. The van der Waals surface area contributed by atoms with Crippen molar-refractivity contribution in [2.75, 3.05) is 18.4 Å². The summed E-state index contributed by atoms with van der Waals surface area (Å²) in [5.74, 6) is -0.182. The van der Waals surface area contributed by atoms with Crippen LogP contribution >= 0.6 is 0 Å². The summed E-state index contributed by atoms with van der Waals surface area (Å²) < 4.78 is 41.0. The number of aryl methyl sites for hydroxylation is 1. The molecule has 7 nitrogen and oxygen atoms in total. The number of amides is 1. The zero-order valence-corrected chi connectivity index (χ0v) is 17.5. The van der Waals surface area contributed by atoms with Crippen molar-refractivity contribution in [2.24, 2.45) is 0 Å². The number of nitrogens with one attached hydrogen (secondary N) is 2. The largest absolute Gasteiger partial charge is 0.507 e. The predicted octanol–water partition coefficient (Wildman–Crippen LogP) is 4.27. The minimum Gasteiger partial charge on any atom is -0.507 e. The first-order valence-electron chi connectivity index (χ1n) is 10.1. The monoisotopic (exact) mass is 455 g/mol. The summed E-state index contributed by atoms with van der Waals surface area (Å²) in [5.41, 5.74) is 1.07. The molecular weight excluding hydrogens is 435 g/mol. The van der Waals surface area contributed by atoms with Crippen LogP contribution < -0.4 is 10.6 Å². The van der Waals surface area contributed by atoms with Gasteiger partial charge in [-0.2, -0.15) is 22.8 Å². The van der Waals surface area contributed by atoms with Gasteiger partial charge in [0.05, 0.1) is 23.0 Å². The molecule has 0 aliphatic rings. The summed E-state index contributed by atoms with van der Waals surface area (Å²) in [6.45, 7) is 2.14. The van der Waals surface area contributed by atoms with Crippen LogP contribution in [0.15, 0.2) is 60.8 Å². The number of hydrogen-bond acceptors (Lipinski definition) is 5. The van der Waals surface area contributed by atoms with Crippen molar-refractivity contribution in [2.45, 2.75) is 13.1 Å². The van der Waals surface area contributed by atoms with Crippen LogP contribution in [-0.2, 0) is 6.18 Å². The molecule has 2 aromatic carbocycles. The number of para-hydroxylation sites is 1. The number of benzene rings is 2. The quantitative estimate of drug-likeness (QED) is 0.378. The van der Waals surface area contributed by atoms with Crippen LogP contribution in [0.25, 0.3) is 16.9 Å². The third kappa shape index (κ3) is 4.59. The van der Waals surface area contributed by atoms with E-state index in [0.29, 0.717) is 22.7 Å². The fourth-order valence-corrected chi connectivity index (χ4v) is 3.42. The first kappa shape index (κ1) is 22.1. The lowest BCUT2D eigenvalue weighted by Gasteiger charge is -2.14. The average Bonchev–Trinajstić information content (AvgIpc) is 3.17. The molecule has 0 aliphatic carbocycles. The maximum absolute atomic E-state index is 13.1. The van der Waals surface area contributed by atoms with Gasteiger partial charge in [-0.05, 0) is 31.2 Å². The van der Waals surface area contributed by atoms with Gasteiger partial charge < -0.3 is 15.7 Å².